The molecule has 3 heterocycles. The van der Waals surface area contributed by atoms with E-state index in [0.717, 1.165) is 37.4 Å². The summed E-state index contributed by atoms with van der Waals surface area (Å²) in [5.41, 5.74) is 2.04. The maximum absolute atomic E-state index is 12.5. The van der Waals surface area contributed by atoms with Crippen LogP contribution in [0.2, 0.25) is 0 Å². The summed E-state index contributed by atoms with van der Waals surface area (Å²) in [5, 5.41) is 9.14. The third-order valence-electron chi connectivity index (χ3n) is 4.99. The lowest BCUT2D eigenvalue weighted by atomic mass is 9.99. The number of likely N-dealkylation sites (tertiary alicyclic amines) is 1. The first-order chi connectivity index (χ1) is 13.7. The minimum absolute atomic E-state index is 0.145. The minimum atomic E-state index is 0.145. The van der Waals surface area contributed by atoms with Crippen molar-refractivity contribution in [1.82, 2.24) is 29.9 Å². The summed E-state index contributed by atoms with van der Waals surface area (Å²) in [5.74, 6) is 1.96. The van der Waals surface area contributed by atoms with Crippen LogP contribution in [0.15, 0.2) is 35.6 Å². The average molecular weight is 398 g/mol. The Morgan fingerprint density at radius 2 is 1.96 bits per heavy atom. The lowest BCUT2D eigenvalue weighted by Gasteiger charge is -2.30. The summed E-state index contributed by atoms with van der Waals surface area (Å²) in [4.78, 5) is 23.1. The Kier molecular flexibility index (Phi) is 5.43. The molecule has 1 amide bonds. The SMILES string of the molecule is COc1ccc(-n2nnc3c(SCC(=O)N4CCC(C)CC4)ncnc32)cc1. The van der Waals surface area contributed by atoms with Crippen molar-refractivity contribution >= 4 is 28.8 Å². The van der Waals surface area contributed by atoms with Gasteiger partial charge in [0.1, 0.15) is 17.1 Å². The molecule has 1 aromatic carbocycles. The Labute approximate surface area is 167 Å². The van der Waals surface area contributed by atoms with E-state index in [0.29, 0.717) is 27.9 Å². The molecule has 9 heteroatoms. The molecule has 0 unspecified atom stereocenters. The summed E-state index contributed by atoms with van der Waals surface area (Å²) in [7, 11) is 1.63. The molecule has 1 aliphatic heterocycles. The highest BCUT2D eigenvalue weighted by molar-refractivity contribution is 8.00. The van der Waals surface area contributed by atoms with Crippen LogP contribution in [0, 0.1) is 5.92 Å². The zero-order valence-electron chi connectivity index (χ0n) is 15.9. The molecule has 146 valence electrons. The molecule has 1 saturated heterocycles. The summed E-state index contributed by atoms with van der Waals surface area (Å²) in [6, 6.07) is 7.50. The molecule has 0 radical (unpaired) electrons. The number of benzene rings is 1. The smallest absolute Gasteiger partial charge is 0.232 e. The van der Waals surface area contributed by atoms with Crippen molar-refractivity contribution in [2.75, 3.05) is 26.0 Å². The molecule has 4 rings (SSSR count). The van der Waals surface area contributed by atoms with E-state index in [4.69, 9.17) is 4.74 Å². The van der Waals surface area contributed by atoms with Crippen LogP contribution >= 0.6 is 11.8 Å². The van der Waals surface area contributed by atoms with Gasteiger partial charge in [0, 0.05) is 13.1 Å². The van der Waals surface area contributed by atoms with Gasteiger partial charge in [-0.25, -0.2) is 9.97 Å². The van der Waals surface area contributed by atoms with Crippen LogP contribution in [-0.2, 0) is 4.79 Å². The number of hydrogen-bond donors (Lipinski definition) is 0. The van der Waals surface area contributed by atoms with Gasteiger partial charge in [-0.3, -0.25) is 4.79 Å². The first-order valence-electron chi connectivity index (χ1n) is 9.27. The second-order valence-electron chi connectivity index (χ2n) is 6.90. The van der Waals surface area contributed by atoms with E-state index in [9.17, 15) is 4.79 Å². The van der Waals surface area contributed by atoms with E-state index in [1.54, 1.807) is 11.8 Å². The molecule has 8 nitrogen and oxygen atoms in total. The number of nitrogens with zero attached hydrogens (tertiary/aromatic N) is 6. The second-order valence-corrected chi connectivity index (χ2v) is 7.87. The van der Waals surface area contributed by atoms with Crippen LogP contribution in [0.1, 0.15) is 19.8 Å². The number of amides is 1. The fraction of sp³-hybridized carbons (Fsp3) is 0.421. The maximum Gasteiger partial charge on any atom is 0.232 e. The summed E-state index contributed by atoms with van der Waals surface area (Å²) >= 11 is 1.39. The van der Waals surface area contributed by atoms with Crippen LogP contribution in [0.4, 0.5) is 0 Å². The number of fused-ring (bicyclic) bond motifs is 1. The van der Waals surface area contributed by atoms with Gasteiger partial charge in [-0.2, -0.15) is 4.68 Å². The topological polar surface area (TPSA) is 86.0 Å². The van der Waals surface area contributed by atoms with Crippen molar-refractivity contribution in [2.45, 2.75) is 24.8 Å². The van der Waals surface area contributed by atoms with E-state index < -0.39 is 0 Å². The predicted octanol–water partition coefficient (Wildman–Crippen LogP) is 2.57. The Bertz CT molecular complexity index is 966. The van der Waals surface area contributed by atoms with Crippen LogP contribution in [0.3, 0.4) is 0 Å². The molecule has 2 aromatic heterocycles. The number of carbonyl (C=O) groups excluding carboxylic acids is 1. The number of methoxy groups -OCH3 is 1. The summed E-state index contributed by atoms with van der Waals surface area (Å²) in [6.07, 6.45) is 3.63. The molecule has 0 atom stereocenters. The van der Waals surface area contributed by atoms with E-state index in [1.807, 2.05) is 29.2 Å². The van der Waals surface area contributed by atoms with Crippen molar-refractivity contribution in [1.29, 1.82) is 0 Å². The maximum atomic E-state index is 12.5. The van der Waals surface area contributed by atoms with Crippen molar-refractivity contribution < 1.29 is 9.53 Å². The average Bonchev–Trinajstić information content (AvgIpc) is 3.17. The normalized spacial score (nSPS) is 15.1. The Balaban J connectivity index is 1.51. The molecular weight excluding hydrogens is 376 g/mol. The predicted molar refractivity (Wildman–Crippen MR) is 107 cm³/mol. The first kappa shape index (κ1) is 18.7. The Morgan fingerprint density at radius 3 is 2.68 bits per heavy atom. The van der Waals surface area contributed by atoms with E-state index >= 15 is 0 Å². The number of hydrogen-bond acceptors (Lipinski definition) is 7. The molecule has 28 heavy (non-hydrogen) atoms. The second kappa shape index (κ2) is 8.14. The Morgan fingerprint density at radius 1 is 1.21 bits per heavy atom. The third-order valence-corrected chi connectivity index (χ3v) is 5.95. The van der Waals surface area contributed by atoms with Crippen LogP contribution in [-0.4, -0.2) is 61.7 Å². The molecule has 1 aliphatic rings. The molecule has 0 saturated carbocycles. The van der Waals surface area contributed by atoms with E-state index in [1.165, 1.54) is 18.1 Å². The Hall–Kier alpha value is -2.68. The highest BCUT2D eigenvalue weighted by Gasteiger charge is 2.21. The van der Waals surface area contributed by atoms with Gasteiger partial charge >= 0.3 is 0 Å². The minimum Gasteiger partial charge on any atom is -0.497 e. The van der Waals surface area contributed by atoms with Gasteiger partial charge in [0.05, 0.1) is 18.6 Å². The lowest BCUT2D eigenvalue weighted by molar-refractivity contribution is -0.129. The van der Waals surface area contributed by atoms with Crippen LogP contribution < -0.4 is 4.74 Å². The number of ether oxygens (including phenoxy) is 1. The first-order valence-corrected chi connectivity index (χ1v) is 10.3. The van der Waals surface area contributed by atoms with Gasteiger partial charge < -0.3 is 9.64 Å². The molecule has 0 spiro atoms. The number of rotatable bonds is 5. The lowest BCUT2D eigenvalue weighted by Crippen LogP contribution is -2.38. The number of carbonyl (C=O) groups is 1. The molecule has 3 aromatic rings. The van der Waals surface area contributed by atoms with Gasteiger partial charge in [-0.05, 0) is 43.0 Å². The highest BCUT2D eigenvalue weighted by atomic mass is 32.2. The van der Waals surface area contributed by atoms with Crippen molar-refractivity contribution in [2.24, 2.45) is 5.92 Å². The van der Waals surface area contributed by atoms with Crippen LogP contribution in [0.5, 0.6) is 5.75 Å². The molecule has 0 bridgehead atoms. The van der Waals surface area contributed by atoms with Crippen molar-refractivity contribution in [3.8, 4) is 11.4 Å². The van der Waals surface area contributed by atoms with Gasteiger partial charge in [0.15, 0.2) is 11.2 Å². The fourth-order valence-corrected chi connectivity index (χ4v) is 4.04. The fourth-order valence-electron chi connectivity index (χ4n) is 3.21. The number of aromatic nitrogens is 5. The van der Waals surface area contributed by atoms with Gasteiger partial charge in [0.25, 0.3) is 0 Å². The summed E-state index contributed by atoms with van der Waals surface area (Å²) < 4.78 is 6.85. The molecular formula is C19H22N6O2S. The number of thioether (sulfide) groups is 1. The molecule has 1 fully saturated rings. The zero-order valence-corrected chi connectivity index (χ0v) is 16.7. The molecule has 0 N–H and O–H groups in total. The largest absolute Gasteiger partial charge is 0.497 e. The summed E-state index contributed by atoms with van der Waals surface area (Å²) in [6.45, 7) is 3.92. The van der Waals surface area contributed by atoms with Crippen LogP contribution in [0.25, 0.3) is 16.9 Å². The molecule has 0 aliphatic carbocycles. The quantitative estimate of drug-likeness (QED) is 0.482. The standard InChI is InChI=1S/C19H22N6O2S/c1-13-7-9-24(10-8-13)16(26)11-28-19-17-18(20-12-21-19)25(23-22-17)14-3-5-15(27-2)6-4-14/h3-6,12-13H,7-11H2,1-2H3. The highest BCUT2D eigenvalue weighted by Crippen LogP contribution is 2.25. The zero-order chi connectivity index (χ0) is 19.5. The number of piperidine rings is 1. The van der Waals surface area contributed by atoms with Crippen molar-refractivity contribution in [3.05, 3.63) is 30.6 Å². The van der Waals surface area contributed by atoms with Gasteiger partial charge in [-0.1, -0.05) is 23.9 Å². The van der Waals surface area contributed by atoms with Crippen molar-refractivity contribution in [3.63, 3.8) is 0 Å². The van der Waals surface area contributed by atoms with Gasteiger partial charge in [-0.15, -0.1) is 5.10 Å². The van der Waals surface area contributed by atoms with E-state index in [2.05, 4.69) is 27.2 Å². The van der Waals surface area contributed by atoms with E-state index in [-0.39, 0.29) is 5.91 Å². The van der Waals surface area contributed by atoms with Gasteiger partial charge in [0.2, 0.25) is 5.91 Å². The third kappa shape index (κ3) is 3.80. The monoisotopic (exact) mass is 398 g/mol.